The topological polar surface area (TPSA) is 108 Å². The van der Waals surface area contributed by atoms with E-state index in [4.69, 9.17) is 0 Å². The standard InChI is InChI=1S/C12H20N4O4/c1-12(2,7-17)16(4)11(20)14-9(10(18)19)8-5-13-15(3)6-8/h5-6,9,17H,7H2,1-4H3,(H,14,20)(H,18,19). The summed E-state index contributed by atoms with van der Waals surface area (Å²) in [4.78, 5) is 24.6. The fraction of sp³-hybridized carbons (Fsp3) is 0.583. The highest BCUT2D eigenvalue weighted by atomic mass is 16.4. The summed E-state index contributed by atoms with van der Waals surface area (Å²) in [6.45, 7) is 3.11. The van der Waals surface area contributed by atoms with Gasteiger partial charge in [0.15, 0.2) is 6.04 Å². The number of aliphatic carboxylic acids is 1. The first-order chi connectivity index (χ1) is 9.19. The van der Waals surface area contributed by atoms with Crippen molar-refractivity contribution in [2.24, 2.45) is 7.05 Å². The minimum Gasteiger partial charge on any atom is -0.479 e. The Morgan fingerprint density at radius 3 is 2.55 bits per heavy atom. The number of amides is 2. The number of rotatable bonds is 5. The number of aliphatic hydroxyl groups excluding tert-OH is 1. The molecule has 1 aromatic rings. The van der Waals surface area contributed by atoms with Crippen LogP contribution in [0.4, 0.5) is 4.79 Å². The van der Waals surface area contributed by atoms with Crippen LogP contribution >= 0.6 is 0 Å². The predicted molar refractivity (Wildman–Crippen MR) is 71.0 cm³/mol. The Balaban J connectivity index is 2.87. The number of hydrogen-bond donors (Lipinski definition) is 3. The zero-order chi connectivity index (χ0) is 15.5. The number of carbonyl (C=O) groups is 2. The molecule has 8 nitrogen and oxygen atoms in total. The third kappa shape index (κ3) is 3.47. The molecule has 1 atom stereocenters. The number of carbonyl (C=O) groups excluding carboxylic acids is 1. The molecule has 0 radical (unpaired) electrons. The first kappa shape index (κ1) is 16.0. The molecule has 0 aliphatic rings. The summed E-state index contributed by atoms with van der Waals surface area (Å²) < 4.78 is 1.46. The summed E-state index contributed by atoms with van der Waals surface area (Å²) >= 11 is 0. The number of likely N-dealkylation sites (N-methyl/N-ethyl adjacent to an activating group) is 1. The van der Waals surface area contributed by atoms with Gasteiger partial charge in [0, 0.05) is 25.9 Å². The number of carboxylic acids is 1. The van der Waals surface area contributed by atoms with Gasteiger partial charge in [-0.2, -0.15) is 5.10 Å². The quantitative estimate of drug-likeness (QED) is 0.703. The van der Waals surface area contributed by atoms with E-state index in [1.807, 2.05) is 0 Å². The van der Waals surface area contributed by atoms with Crippen LogP contribution in [0.3, 0.4) is 0 Å². The fourth-order valence-corrected chi connectivity index (χ4v) is 1.48. The van der Waals surface area contributed by atoms with Crippen LogP contribution in [0, 0.1) is 0 Å². The smallest absolute Gasteiger partial charge is 0.331 e. The van der Waals surface area contributed by atoms with Crippen molar-refractivity contribution in [3.8, 4) is 0 Å². The lowest BCUT2D eigenvalue weighted by atomic mass is 10.1. The Bertz CT molecular complexity index is 497. The van der Waals surface area contributed by atoms with E-state index in [2.05, 4.69) is 10.4 Å². The first-order valence-electron chi connectivity index (χ1n) is 6.05. The van der Waals surface area contributed by atoms with Gasteiger partial charge in [-0.3, -0.25) is 4.68 Å². The van der Waals surface area contributed by atoms with Crippen LogP contribution in [0.15, 0.2) is 12.4 Å². The van der Waals surface area contributed by atoms with Crippen molar-refractivity contribution >= 4 is 12.0 Å². The number of hydrogen-bond acceptors (Lipinski definition) is 4. The van der Waals surface area contributed by atoms with E-state index >= 15 is 0 Å². The number of urea groups is 1. The van der Waals surface area contributed by atoms with Gasteiger partial charge in [0.05, 0.1) is 18.3 Å². The molecule has 1 aromatic heterocycles. The van der Waals surface area contributed by atoms with Crippen molar-refractivity contribution in [1.82, 2.24) is 20.0 Å². The van der Waals surface area contributed by atoms with Crippen molar-refractivity contribution < 1.29 is 19.8 Å². The first-order valence-corrected chi connectivity index (χ1v) is 6.05. The number of nitrogens with zero attached hydrogens (tertiary/aromatic N) is 3. The van der Waals surface area contributed by atoms with Gasteiger partial charge in [-0.05, 0) is 13.8 Å². The summed E-state index contributed by atoms with van der Waals surface area (Å²) in [5.74, 6) is -1.18. The zero-order valence-corrected chi connectivity index (χ0v) is 12.0. The summed E-state index contributed by atoms with van der Waals surface area (Å²) in [6.07, 6.45) is 2.91. The lowest BCUT2D eigenvalue weighted by Gasteiger charge is -2.34. The molecular formula is C12H20N4O4. The van der Waals surface area contributed by atoms with Crippen LogP contribution in [0.1, 0.15) is 25.5 Å². The van der Waals surface area contributed by atoms with E-state index in [1.54, 1.807) is 20.9 Å². The highest BCUT2D eigenvalue weighted by Crippen LogP contribution is 2.15. The molecule has 1 heterocycles. The molecule has 0 saturated heterocycles. The average Bonchev–Trinajstić information content (AvgIpc) is 2.80. The van der Waals surface area contributed by atoms with E-state index in [1.165, 1.54) is 29.0 Å². The second-order valence-corrected chi connectivity index (χ2v) is 5.20. The van der Waals surface area contributed by atoms with Crippen LogP contribution in [-0.2, 0) is 11.8 Å². The number of nitrogens with one attached hydrogen (secondary N) is 1. The summed E-state index contributed by atoms with van der Waals surface area (Å²) in [5, 5.41) is 24.7. The Hall–Kier alpha value is -2.09. The van der Waals surface area contributed by atoms with Gasteiger partial charge in [0.25, 0.3) is 0 Å². The molecule has 0 aliphatic carbocycles. The van der Waals surface area contributed by atoms with Crippen molar-refractivity contribution in [3.63, 3.8) is 0 Å². The highest BCUT2D eigenvalue weighted by molar-refractivity contribution is 5.83. The van der Waals surface area contributed by atoms with E-state index in [-0.39, 0.29) is 6.61 Å². The van der Waals surface area contributed by atoms with Crippen LogP contribution < -0.4 is 5.32 Å². The van der Waals surface area contributed by atoms with Crippen LogP contribution in [0.25, 0.3) is 0 Å². The van der Waals surface area contributed by atoms with Crippen LogP contribution in [0.2, 0.25) is 0 Å². The maximum absolute atomic E-state index is 12.1. The van der Waals surface area contributed by atoms with Crippen LogP contribution in [0.5, 0.6) is 0 Å². The van der Waals surface area contributed by atoms with Crippen LogP contribution in [-0.4, -0.2) is 56.1 Å². The third-order valence-corrected chi connectivity index (χ3v) is 3.17. The maximum atomic E-state index is 12.1. The lowest BCUT2D eigenvalue weighted by molar-refractivity contribution is -0.139. The Labute approximate surface area is 117 Å². The number of aliphatic hydroxyl groups is 1. The Morgan fingerprint density at radius 2 is 2.15 bits per heavy atom. The van der Waals surface area contributed by atoms with Gasteiger partial charge < -0.3 is 20.4 Å². The monoisotopic (exact) mass is 284 g/mol. The molecule has 0 aliphatic heterocycles. The molecule has 2 amide bonds. The SMILES string of the molecule is CN(C(=O)NC(C(=O)O)c1cnn(C)c1)C(C)(C)CO. The van der Waals surface area contributed by atoms with Gasteiger partial charge in [-0.1, -0.05) is 0 Å². The number of aromatic nitrogens is 2. The maximum Gasteiger partial charge on any atom is 0.331 e. The highest BCUT2D eigenvalue weighted by Gasteiger charge is 2.30. The van der Waals surface area contributed by atoms with E-state index in [0.717, 1.165) is 0 Å². The molecule has 1 unspecified atom stereocenters. The van der Waals surface area contributed by atoms with E-state index in [0.29, 0.717) is 5.56 Å². The fourth-order valence-electron chi connectivity index (χ4n) is 1.48. The van der Waals surface area contributed by atoms with Gasteiger partial charge >= 0.3 is 12.0 Å². The molecule has 1 rings (SSSR count). The molecule has 8 heteroatoms. The Kier molecular flexibility index (Phi) is 4.72. The molecule has 0 bridgehead atoms. The average molecular weight is 284 g/mol. The van der Waals surface area contributed by atoms with Crippen molar-refractivity contribution in [2.45, 2.75) is 25.4 Å². The normalized spacial score (nSPS) is 12.8. The largest absolute Gasteiger partial charge is 0.479 e. The van der Waals surface area contributed by atoms with Crippen molar-refractivity contribution in [3.05, 3.63) is 18.0 Å². The molecule has 3 N–H and O–H groups in total. The Morgan fingerprint density at radius 1 is 1.55 bits per heavy atom. The number of carboxylic acid groups (broad SMARTS) is 1. The molecule has 0 saturated carbocycles. The van der Waals surface area contributed by atoms with Gasteiger partial charge in [-0.25, -0.2) is 9.59 Å². The van der Waals surface area contributed by atoms with Gasteiger partial charge in [0.2, 0.25) is 0 Å². The summed E-state index contributed by atoms with van der Waals surface area (Å²) in [6, 6.07) is -1.77. The molecule has 0 spiro atoms. The second-order valence-electron chi connectivity index (χ2n) is 5.20. The van der Waals surface area contributed by atoms with E-state index < -0.39 is 23.6 Å². The molecular weight excluding hydrogens is 264 g/mol. The minimum absolute atomic E-state index is 0.235. The number of aryl methyl sites for hydroxylation is 1. The molecule has 20 heavy (non-hydrogen) atoms. The van der Waals surface area contributed by atoms with Crippen molar-refractivity contribution in [2.75, 3.05) is 13.7 Å². The summed E-state index contributed by atoms with van der Waals surface area (Å²) in [7, 11) is 3.15. The lowest BCUT2D eigenvalue weighted by Crippen LogP contribution is -2.53. The molecule has 112 valence electrons. The van der Waals surface area contributed by atoms with Gasteiger partial charge in [0.1, 0.15) is 0 Å². The third-order valence-electron chi connectivity index (χ3n) is 3.17. The second kappa shape index (κ2) is 5.91. The minimum atomic E-state index is -1.19. The van der Waals surface area contributed by atoms with E-state index in [9.17, 15) is 19.8 Å². The van der Waals surface area contributed by atoms with Gasteiger partial charge in [-0.15, -0.1) is 0 Å². The summed E-state index contributed by atoms with van der Waals surface area (Å²) in [5.41, 5.74) is -0.411. The van der Waals surface area contributed by atoms with Crippen molar-refractivity contribution in [1.29, 1.82) is 0 Å². The molecule has 0 fully saturated rings. The zero-order valence-electron chi connectivity index (χ0n) is 12.0. The molecule has 0 aromatic carbocycles. The predicted octanol–water partition coefficient (Wildman–Crippen LogP) is -0.0419.